The Labute approximate surface area is 194 Å². The molecule has 0 saturated heterocycles. The molecule has 0 unspecified atom stereocenters. The molecule has 4 rings (SSSR count). The summed E-state index contributed by atoms with van der Waals surface area (Å²) in [7, 11) is 0. The van der Waals surface area contributed by atoms with E-state index in [-0.39, 0.29) is 17.2 Å². The van der Waals surface area contributed by atoms with Crippen LogP contribution in [0.25, 0.3) is 16.6 Å². The molecule has 2 heterocycles. The smallest absolute Gasteiger partial charge is 0.266 e. The molecule has 0 fully saturated rings. The summed E-state index contributed by atoms with van der Waals surface area (Å²) in [5, 5.41) is 4.81. The van der Waals surface area contributed by atoms with Crippen LogP contribution in [0.15, 0.2) is 80.1 Å². The topological polar surface area (TPSA) is 98.7 Å². The molecule has 4 aromatic rings. The van der Waals surface area contributed by atoms with Crippen molar-refractivity contribution in [2.24, 2.45) is 5.10 Å². The summed E-state index contributed by atoms with van der Waals surface area (Å²) in [5.74, 6) is 1.70. The fraction of sp³-hybridized carbons (Fsp3) is 0.167. The van der Waals surface area contributed by atoms with Gasteiger partial charge in [0.2, 0.25) is 0 Å². The maximum atomic E-state index is 13.3. The van der Waals surface area contributed by atoms with Gasteiger partial charge >= 0.3 is 0 Å². The summed E-state index contributed by atoms with van der Waals surface area (Å²) < 4.78 is 12.4. The highest BCUT2D eigenvalue weighted by Gasteiger charge is 2.15. The molecule has 0 aliphatic carbocycles. The van der Waals surface area contributed by atoms with Crippen LogP contribution in [0.3, 0.4) is 0 Å². The second kappa shape index (κ2) is 10.2. The lowest BCUT2D eigenvalue weighted by Crippen LogP contribution is -2.24. The zero-order valence-corrected chi connectivity index (χ0v) is 19.0. The van der Waals surface area contributed by atoms with Gasteiger partial charge in [0.1, 0.15) is 17.3 Å². The third-order valence-electron chi connectivity index (χ3n) is 4.63. The zero-order valence-electron chi connectivity index (χ0n) is 18.1. The Morgan fingerprint density at radius 3 is 2.70 bits per heavy atom. The van der Waals surface area contributed by atoms with E-state index in [9.17, 15) is 9.59 Å². The molecule has 8 nitrogen and oxygen atoms in total. The molecule has 9 heteroatoms. The summed E-state index contributed by atoms with van der Waals surface area (Å²) in [6.07, 6.45) is 1.43. The first kappa shape index (κ1) is 22.3. The van der Waals surface area contributed by atoms with Crippen molar-refractivity contribution in [1.82, 2.24) is 15.0 Å². The number of thioether (sulfide) groups is 1. The summed E-state index contributed by atoms with van der Waals surface area (Å²) in [4.78, 5) is 30.2. The molecule has 1 N–H and O–H groups in total. The van der Waals surface area contributed by atoms with Crippen molar-refractivity contribution in [2.45, 2.75) is 19.0 Å². The summed E-state index contributed by atoms with van der Waals surface area (Å²) in [6, 6.07) is 17.9. The van der Waals surface area contributed by atoms with Crippen LogP contribution in [-0.4, -0.2) is 34.0 Å². The number of hydrogen-bond acceptors (Lipinski definition) is 7. The van der Waals surface area contributed by atoms with Crippen LogP contribution in [0.5, 0.6) is 5.75 Å². The quantitative estimate of drug-likeness (QED) is 0.184. The number of fused-ring (bicyclic) bond motifs is 1. The van der Waals surface area contributed by atoms with Crippen molar-refractivity contribution >= 4 is 34.8 Å². The van der Waals surface area contributed by atoms with Crippen molar-refractivity contribution in [3.8, 4) is 11.4 Å². The predicted molar refractivity (Wildman–Crippen MR) is 128 cm³/mol. The Morgan fingerprint density at radius 2 is 1.97 bits per heavy atom. The van der Waals surface area contributed by atoms with Crippen molar-refractivity contribution in [3.05, 3.63) is 82.5 Å². The average molecular weight is 463 g/mol. The number of aromatic nitrogens is 2. The third kappa shape index (κ3) is 5.32. The molecule has 0 aliphatic heterocycles. The molecule has 0 radical (unpaired) electrons. The van der Waals surface area contributed by atoms with Gasteiger partial charge in [0.15, 0.2) is 5.16 Å². The van der Waals surface area contributed by atoms with Crippen LogP contribution in [0.1, 0.15) is 18.4 Å². The van der Waals surface area contributed by atoms with E-state index in [1.807, 2.05) is 26.0 Å². The number of hydrogen-bond donors (Lipinski definition) is 1. The fourth-order valence-corrected chi connectivity index (χ4v) is 3.95. The highest BCUT2D eigenvalue weighted by molar-refractivity contribution is 7.99. The Kier molecular flexibility index (Phi) is 6.89. The number of hydrazone groups is 1. The number of carbonyl (C=O) groups is 1. The minimum absolute atomic E-state index is 0.0241. The lowest BCUT2D eigenvalue weighted by molar-refractivity contribution is -0.118. The van der Waals surface area contributed by atoms with E-state index in [0.29, 0.717) is 39.9 Å². The van der Waals surface area contributed by atoms with Crippen LogP contribution in [-0.2, 0) is 4.79 Å². The number of ether oxygens (including phenoxy) is 1. The standard InChI is InChI=1S/C24H22N4O4S/c1-3-31-18-12-9-17(10-13-18)28-23(30)20-6-4-5-7-21(20)26-24(28)33-15-22(29)27-25-14-19-11-8-16(2)32-19/h4-14H,3,15H2,1-2H3,(H,27,29). The second-order valence-electron chi connectivity index (χ2n) is 7.01. The normalized spacial score (nSPS) is 11.2. The van der Waals surface area contributed by atoms with Gasteiger partial charge in [0, 0.05) is 0 Å². The largest absolute Gasteiger partial charge is 0.494 e. The average Bonchev–Trinajstić information content (AvgIpc) is 3.24. The molecule has 0 spiro atoms. The summed E-state index contributed by atoms with van der Waals surface area (Å²) in [6.45, 7) is 4.28. The molecule has 33 heavy (non-hydrogen) atoms. The number of aryl methyl sites for hydroxylation is 1. The van der Waals surface area contributed by atoms with Gasteiger partial charge in [0.25, 0.3) is 11.5 Å². The molecule has 2 aromatic carbocycles. The molecule has 0 bridgehead atoms. The van der Waals surface area contributed by atoms with Gasteiger partial charge in [-0.1, -0.05) is 23.9 Å². The SMILES string of the molecule is CCOc1ccc(-n2c(SCC(=O)NN=Cc3ccc(C)o3)nc3ccccc3c2=O)cc1. The molecular formula is C24H22N4O4S. The van der Waals surface area contributed by atoms with Gasteiger partial charge in [-0.2, -0.15) is 5.10 Å². The van der Waals surface area contributed by atoms with Gasteiger partial charge in [-0.3, -0.25) is 14.2 Å². The number of nitrogens with one attached hydrogen (secondary N) is 1. The van der Waals surface area contributed by atoms with E-state index in [4.69, 9.17) is 9.15 Å². The van der Waals surface area contributed by atoms with E-state index >= 15 is 0 Å². The van der Waals surface area contributed by atoms with Crippen molar-refractivity contribution < 1.29 is 13.9 Å². The first-order valence-electron chi connectivity index (χ1n) is 10.3. The lowest BCUT2D eigenvalue weighted by atomic mass is 10.2. The first-order chi connectivity index (χ1) is 16.0. The number of furan rings is 1. The molecule has 168 valence electrons. The number of para-hydroxylation sites is 1. The molecular weight excluding hydrogens is 440 g/mol. The van der Waals surface area contributed by atoms with Gasteiger partial charge in [-0.15, -0.1) is 0 Å². The number of nitrogens with zero attached hydrogens (tertiary/aromatic N) is 3. The van der Waals surface area contributed by atoms with E-state index in [1.54, 1.807) is 48.5 Å². The van der Waals surface area contributed by atoms with Crippen molar-refractivity contribution in [1.29, 1.82) is 0 Å². The van der Waals surface area contributed by atoms with Crippen LogP contribution in [0.4, 0.5) is 0 Å². The van der Waals surface area contributed by atoms with E-state index in [1.165, 1.54) is 10.8 Å². The Bertz CT molecular complexity index is 1360. The number of amides is 1. The molecule has 0 atom stereocenters. The molecule has 1 amide bonds. The van der Waals surface area contributed by atoms with Crippen molar-refractivity contribution in [2.75, 3.05) is 12.4 Å². The first-order valence-corrected chi connectivity index (χ1v) is 11.3. The van der Waals surface area contributed by atoms with E-state index in [0.717, 1.165) is 17.5 Å². The van der Waals surface area contributed by atoms with Crippen LogP contribution in [0, 0.1) is 6.92 Å². The minimum Gasteiger partial charge on any atom is -0.494 e. The molecule has 0 aliphatic rings. The van der Waals surface area contributed by atoms with Gasteiger partial charge in [0.05, 0.1) is 35.2 Å². The van der Waals surface area contributed by atoms with Gasteiger partial charge in [-0.05, 0) is 62.4 Å². The maximum Gasteiger partial charge on any atom is 0.266 e. The Morgan fingerprint density at radius 1 is 1.18 bits per heavy atom. The predicted octanol–water partition coefficient (Wildman–Crippen LogP) is 3.93. The monoisotopic (exact) mass is 462 g/mol. The van der Waals surface area contributed by atoms with Crippen LogP contribution < -0.4 is 15.7 Å². The number of rotatable bonds is 8. The highest BCUT2D eigenvalue weighted by atomic mass is 32.2. The summed E-state index contributed by atoms with van der Waals surface area (Å²) >= 11 is 1.16. The maximum absolute atomic E-state index is 13.3. The van der Waals surface area contributed by atoms with E-state index in [2.05, 4.69) is 15.5 Å². The molecule has 2 aromatic heterocycles. The lowest BCUT2D eigenvalue weighted by Gasteiger charge is -2.13. The van der Waals surface area contributed by atoms with E-state index < -0.39 is 0 Å². The zero-order chi connectivity index (χ0) is 23.2. The van der Waals surface area contributed by atoms with Gasteiger partial charge in [-0.25, -0.2) is 10.4 Å². The number of carbonyl (C=O) groups excluding carboxylic acids is 1. The second-order valence-corrected chi connectivity index (χ2v) is 7.95. The number of benzene rings is 2. The van der Waals surface area contributed by atoms with Crippen LogP contribution >= 0.6 is 11.8 Å². The minimum atomic E-state index is -0.333. The Balaban J connectivity index is 1.58. The third-order valence-corrected chi connectivity index (χ3v) is 5.56. The van der Waals surface area contributed by atoms with Gasteiger partial charge < -0.3 is 9.15 Å². The van der Waals surface area contributed by atoms with Crippen LogP contribution in [0.2, 0.25) is 0 Å². The fourth-order valence-electron chi connectivity index (χ4n) is 3.15. The molecule has 0 saturated carbocycles. The van der Waals surface area contributed by atoms with Crippen molar-refractivity contribution in [3.63, 3.8) is 0 Å². The highest BCUT2D eigenvalue weighted by Crippen LogP contribution is 2.22. The summed E-state index contributed by atoms with van der Waals surface area (Å²) in [5.41, 5.74) is 3.46. The Hall–Kier alpha value is -3.85.